The van der Waals surface area contributed by atoms with Crippen molar-refractivity contribution in [1.82, 2.24) is 4.98 Å². The fourth-order valence-electron chi connectivity index (χ4n) is 2.62. The van der Waals surface area contributed by atoms with Gasteiger partial charge in [0.05, 0.1) is 0 Å². The van der Waals surface area contributed by atoms with Gasteiger partial charge in [-0.05, 0) is 67.5 Å². The molecule has 2 aromatic rings. The Morgan fingerprint density at radius 3 is 2.75 bits per heavy atom. The molecule has 1 aliphatic rings. The van der Waals surface area contributed by atoms with E-state index in [0.717, 1.165) is 17.9 Å². The van der Waals surface area contributed by atoms with Crippen molar-refractivity contribution in [1.29, 1.82) is 0 Å². The van der Waals surface area contributed by atoms with Crippen molar-refractivity contribution in [2.75, 3.05) is 0 Å². The van der Waals surface area contributed by atoms with Crippen LogP contribution in [0.4, 0.5) is 0 Å². The van der Waals surface area contributed by atoms with E-state index in [2.05, 4.69) is 38.1 Å². The lowest BCUT2D eigenvalue weighted by atomic mass is 10.1. The predicted octanol–water partition coefficient (Wildman–Crippen LogP) is 3.80. The fourth-order valence-corrected chi connectivity index (χ4v) is 3.65. The molecule has 104 valence electrons. The highest BCUT2D eigenvalue weighted by atomic mass is 32.2. The van der Waals surface area contributed by atoms with E-state index >= 15 is 0 Å². The van der Waals surface area contributed by atoms with Crippen molar-refractivity contribution in [3.63, 3.8) is 0 Å². The van der Waals surface area contributed by atoms with E-state index in [1.54, 1.807) is 11.8 Å². The maximum Gasteiger partial charge on any atom is 0.106 e. The smallest absolute Gasteiger partial charge is 0.106 e. The van der Waals surface area contributed by atoms with Crippen LogP contribution in [0.5, 0.6) is 0 Å². The number of rotatable bonds is 3. The van der Waals surface area contributed by atoms with Gasteiger partial charge in [-0.3, -0.25) is 0 Å². The van der Waals surface area contributed by atoms with Crippen LogP contribution < -0.4 is 5.73 Å². The standard InChI is InChI=1S/C17H20N2S/c1-11-6-7-15(8-12(11)2)20-17-14(10-18)9-13-4-3-5-16(13)19-17/h6-9H,3-5,10,18H2,1-2H3. The topological polar surface area (TPSA) is 38.9 Å². The SMILES string of the molecule is Cc1ccc(Sc2nc3c(cc2CN)CCC3)cc1C. The molecular weight excluding hydrogens is 264 g/mol. The van der Waals surface area contributed by atoms with Crippen LogP contribution in [-0.2, 0) is 19.4 Å². The first-order valence-electron chi connectivity index (χ1n) is 7.14. The minimum Gasteiger partial charge on any atom is -0.326 e. The first-order chi connectivity index (χ1) is 9.67. The van der Waals surface area contributed by atoms with Gasteiger partial charge in [0, 0.05) is 17.1 Å². The number of pyridine rings is 1. The van der Waals surface area contributed by atoms with Gasteiger partial charge >= 0.3 is 0 Å². The Bertz CT molecular complexity index is 650. The number of benzene rings is 1. The van der Waals surface area contributed by atoms with Gasteiger partial charge in [-0.1, -0.05) is 23.9 Å². The lowest BCUT2D eigenvalue weighted by Gasteiger charge is -2.11. The molecule has 0 spiro atoms. The van der Waals surface area contributed by atoms with Crippen molar-refractivity contribution in [2.24, 2.45) is 5.73 Å². The molecule has 1 heterocycles. The third-order valence-corrected chi connectivity index (χ3v) is 5.04. The molecular formula is C17H20N2S. The van der Waals surface area contributed by atoms with Gasteiger partial charge < -0.3 is 5.73 Å². The van der Waals surface area contributed by atoms with Gasteiger partial charge in [0.2, 0.25) is 0 Å². The molecule has 2 N–H and O–H groups in total. The number of nitrogens with two attached hydrogens (primary N) is 1. The maximum absolute atomic E-state index is 5.90. The molecule has 0 amide bonds. The number of aromatic nitrogens is 1. The first-order valence-corrected chi connectivity index (χ1v) is 7.96. The fraction of sp³-hybridized carbons (Fsp3) is 0.353. The average molecular weight is 284 g/mol. The van der Waals surface area contributed by atoms with Crippen LogP contribution in [0.1, 0.15) is 34.4 Å². The molecule has 0 aliphatic heterocycles. The monoisotopic (exact) mass is 284 g/mol. The molecule has 1 aromatic heterocycles. The molecule has 2 nitrogen and oxygen atoms in total. The minimum absolute atomic E-state index is 0.563. The van der Waals surface area contributed by atoms with E-state index in [-0.39, 0.29) is 0 Å². The molecule has 20 heavy (non-hydrogen) atoms. The van der Waals surface area contributed by atoms with Crippen LogP contribution >= 0.6 is 11.8 Å². The van der Waals surface area contributed by atoms with E-state index in [1.165, 1.54) is 39.3 Å². The van der Waals surface area contributed by atoms with Crippen molar-refractivity contribution >= 4 is 11.8 Å². The second kappa shape index (κ2) is 5.58. The third-order valence-electron chi connectivity index (χ3n) is 4.00. The van der Waals surface area contributed by atoms with Crippen molar-refractivity contribution in [3.05, 3.63) is 52.2 Å². The third kappa shape index (κ3) is 2.60. The molecule has 0 unspecified atom stereocenters. The summed E-state index contributed by atoms with van der Waals surface area (Å²) in [4.78, 5) is 6.10. The summed E-state index contributed by atoms with van der Waals surface area (Å²) in [5.41, 5.74) is 12.4. The molecule has 1 aliphatic carbocycles. The lowest BCUT2D eigenvalue weighted by Crippen LogP contribution is -2.03. The van der Waals surface area contributed by atoms with E-state index in [9.17, 15) is 0 Å². The zero-order valence-electron chi connectivity index (χ0n) is 12.1. The van der Waals surface area contributed by atoms with Gasteiger partial charge in [0.25, 0.3) is 0 Å². The Hall–Kier alpha value is -1.32. The number of fused-ring (bicyclic) bond motifs is 1. The Morgan fingerprint density at radius 2 is 2.00 bits per heavy atom. The molecule has 0 fully saturated rings. The highest BCUT2D eigenvalue weighted by Gasteiger charge is 2.16. The Labute approximate surface area is 124 Å². The molecule has 0 saturated heterocycles. The average Bonchev–Trinajstić information content (AvgIpc) is 2.89. The summed E-state index contributed by atoms with van der Waals surface area (Å²) < 4.78 is 0. The molecule has 3 rings (SSSR count). The van der Waals surface area contributed by atoms with Gasteiger partial charge in [-0.25, -0.2) is 4.98 Å². The van der Waals surface area contributed by atoms with Crippen LogP contribution in [-0.4, -0.2) is 4.98 Å². The molecule has 0 saturated carbocycles. The van der Waals surface area contributed by atoms with Gasteiger partial charge in [-0.2, -0.15) is 0 Å². The highest BCUT2D eigenvalue weighted by Crippen LogP contribution is 2.33. The van der Waals surface area contributed by atoms with Crippen LogP contribution in [0.3, 0.4) is 0 Å². The van der Waals surface area contributed by atoms with Gasteiger partial charge in [0.1, 0.15) is 5.03 Å². The Balaban J connectivity index is 1.95. The number of nitrogens with zero attached hydrogens (tertiary/aromatic N) is 1. The molecule has 1 aromatic carbocycles. The zero-order valence-corrected chi connectivity index (χ0v) is 12.9. The van der Waals surface area contributed by atoms with Crippen LogP contribution in [0.15, 0.2) is 34.2 Å². The second-order valence-corrected chi connectivity index (χ2v) is 6.53. The Morgan fingerprint density at radius 1 is 1.15 bits per heavy atom. The first kappa shape index (κ1) is 13.7. The van der Waals surface area contributed by atoms with Crippen LogP contribution in [0, 0.1) is 13.8 Å². The summed E-state index contributed by atoms with van der Waals surface area (Å²) in [7, 11) is 0. The number of aryl methyl sites for hydroxylation is 4. The summed E-state index contributed by atoms with van der Waals surface area (Å²) in [6, 6.07) is 8.84. The Kier molecular flexibility index (Phi) is 3.81. The van der Waals surface area contributed by atoms with E-state index in [1.807, 2.05) is 0 Å². The maximum atomic E-state index is 5.90. The number of hydrogen-bond donors (Lipinski definition) is 1. The van der Waals surface area contributed by atoms with Gasteiger partial charge in [-0.15, -0.1) is 0 Å². The van der Waals surface area contributed by atoms with Crippen molar-refractivity contribution in [3.8, 4) is 0 Å². The summed E-state index contributed by atoms with van der Waals surface area (Å²) >= 11 is 1.74. The summed E-state index contributed by atoms with van der Waals surface area (Å²) in [6.07, 6.45) is 3.49. The molecule has 0 atom stereocenters. The largest absolute Gasteiger partial charge is 0.326 e. The van der Waals surface area contributed by atoms with Crippen LogP contribution in [0.2, 0.25) is 0 Å². The molecule has 0 radical (unpaired) electrons. The van der Waals surface area contributed by atoms with Crippen molar-refractivity contribution < 1.29 is 0 Å². The van der Waals surface area contributed by atoms with Gasteiger partial charge in [0.15, 0.2) is 0 Å². The minimum atomic E-state index is 0.563. The summed E-state index contributed by atoms with van der Waals surface area (Å²) in [6.45, 7) is 4.86. The lowest BCUT2D eigenvalue weighted by molar-refractivity contribution is 0.884. The second-order valence-electron chi connectivity index (χ2n) is 5.46. The van der Waals surface area contributed by atoms with E-state index in [4.69, 9.17) is 10.7 Å². The quantitative estimate of drug-likeness (QED) is 0.932. The summed E-state index contributed by atoms with van der Waals surface area (Å²) in [5, 5.41) is 1.08. The number of hydrogen-bond acceptors (Lipinski definition) is 3. The zero-order chi connectivity index (χ0) is 14.1. The summed E-state index contributed by atoms with van der Waals surface area (Å²) in [5.74, 6) is 0. The van der Waals surface area contributed by atoms with Crippen LogP contribution in [0.25, 0.3) is 0 Å². The van der Waals surface area contributed by atoms with Crippen molar-refractivity contribution in [2.45, 2.75) is 49.6 Å². The molecule has 3 heteroatoms. The van der Waals surface area contributed by atoms with E-state index < -0.39 is 0 Å². The molecule has 0 bridgehead atoms. The normalized spacial score (nSPS) is 13.6. The predicted molar refractivity (Wildman–Crippen MR) is 84.2 cm³/mol. The van der Waals surface area contributed by atoms with E-state index in [0.29, 0.717) is 6.54 Å². The highest BCUT2D eigenvalue weighted by molar-refractivity contribution is 7.99.